The number of nitrogens with two attached hydrogens (primary N) is 1. The van der Waals surface area contributed by atoms with E-state index in [-0.39, 0.29) is 11.4 Å². The smallest absolute Gasteiger partial charge is 0.243 e. The summed E-state index contributed by atoms with van der Waals surface area (Å²) < 4.78 is 31.8. The van der Waals surface area contributed by atoms with E-state index in [0.29, 0.717) is 22.4 Å². The van der Waals surface area contributed by atoms with E-state index in [1.165, 1.54) is 12.4 Å². The summed E-state index contributed by atoms with van der Waals surface area (Å²) in [7, 11) is -3.64. The van der Waals surface area contributed by atoms with Crippen molar-refractivity contribution in [2.45, 2.75) is 11.4 Å². The van der Waals surface area contributed by atoms with E-state index in [1.807, 2.05) is 0 Å². The number of sulfonamides is 1. The number of benzene rings is 1. The number of rotatable bonds is 4. The fourth-order valence-corrected chi connectivity index (χ4v) is 3.09. The molecule has 7 nitrogen and oxygen atoms in total. The predicted octanol–water partition coefficient (Wildman–Crippen LogP) is 1.22. The van der Waals surface area contributed by atoms with Gasteiger partial charge in [-0.15, -0.1) is 0 Å². The van der Waals surface area contributed by atoms with Crippen molar-refractivity contribution < 1.29 is 12.9 Å². The first-order valence-corrected chi connectivity index (χ1v) is 7.30. The van der Waals surface area contributed by atoms with Gasteiger partial charge in [-0.2, -0.15) is 0 Å². The van der Waals surface area contributed by atoms with Crippen molar-refractivity contribution in [1.29, 1.82) is 0 Å². The summed E-state index contributed by atoms with van der Waals surface area (Å²) in [5.41, 5.74) is 6.90. The molecule has 0 saturated carbocycles. The first-order chi connectivity index (χ1) is 9.56. The van der Waals surface area contributed by atoms with Crippen molar-refractivity contribution >= 4 is 26.6 Å². The second-order valence-electron chi connectivity index (χ2n) is 4.26. The molecule has 0 radical (unpaired) electrons. The lowest BCUT2D eigenvalue weighted by molar-refractivity contribution is 0.380. The highest BCUT2D eigenvalue weighted by molar-refractivity contribution is 7.89. The van der Waals surface area contributed by atoms with Gasteiger partial charge >= 0.3 is 0 Å². The molecule has 0 spiro atoms. The number of nitrogen functional groups attached to an aromatic ring is 1. The minimum atomic E-state index is -3.64. The fourth-order valence-electron chi connectivity index (χ4n) is 1.92. The van der Waals surface area contributed by atoms with Crippen molar-refractivity contribution in [2.75, 3.05) is 5.73 Å². The summed E-state index contributed by atoms with van der Waals surface area (Å²) in [4.78, 5) is 3.07. The van der Waals surface area contributed by atoms with Crippen molar-refractivity contribution in [3.63, 3.8) is 0 Å². The van der Waals surface area contributed by atoms with Crippen molar-refractivity contribution in [3.05, 3.63) is 42.4 Å². The Labute approximate surface area is 114 Å². The minimum absolute atomic E-state index is 0.0456. The topological polar surface area (TPSA) is 114 Å². The number of fused-ring (bicyclic) bond motifs is 1. The number of hydrogen-bond acceptors (Lipinski definition) is 5. The zero-order valence-electron chi connectivity index (χ0n) is 10.3. The molecule has 20 heavy (non-hydrogen) atoms. The lowest BCUT2D eigenvalue weighted by Gasteiger charge is -2.03. The van der Waals surface area contributed by atoms with E-state index in [0.717, 1.165) is 0 Å². The molecule has 0 unspecified atom stereocenters. The predicted molar refractivity (Wildman–Crippen MR) is 73.2 cm³/mol. The highest BCUT2D eigenvalue weighted by atomic mass is 32.2. The Hall–Kier alpha value is -2.32. The van der Waals surface area contributed by atoms with Crippen LogP contribution in [0.25, 0.3) is 10.9 Å². The summed E-state index contributed by atoms with van der Waals surface area (Å²) in [6.07, 6.45) is 2.89. The van der Waals surface area contributed by atoms with Crippen LogP contribution in [0.5, 0.6) is 0 Å². The zero-order valence-corrected chi connectivity index (χ0v) is 11.1. The van der Waals surface area contributed by atoms with Crippen molar-refractivity contribution in [2.24, 2.45) is 0 Å². The van der Waals surface area contributed by atoms with Crippen LogP contribution in [-0.4, -0.2) is 18.6 Å². The van der Waals surface area contributed by atoms with E-state index >= 15 is 0 Å². The van der Waals surface area contributed by atoms with Crippen LogP contribution in [-0.2, 0) is 16.6 Å². The van der Waals surface area contributed by atoms with Crippen molar-refractivity contribution in [1.82, 2.24) is 14.9 Å². The zero-order chi connectivity index (χ0) is 14.2. The molecule has 0 amide bonds. The van der Waals surface area contributed by atoms with E-state index in [2.05, 4.69) is 14.9 Å². The number of nitrogens with zero attached hydrogens (tertiary/aromatic N) is 1. The van der Waals surface area contributed by atoms with Gasteiger partial charge in [0.05, 0.1) is 12.7 Å². The maximum atomic E-state index is 12.3. The molecule has 0 fully saturated rings. The minimum Gasteiger partial charge on any atom is -0.399 e. The first kappa shape index (κ1) is 12.7. The van der Waals surface area contributed by atoms with Gasteiger partial charge in [0.15, 0.2) is 5.76 Å². The summed E-state index contributed by atoms with van der Waals surface area (Å²) in [5.74, 6) is 0.442. The van der Waals surface area contributed by atoms with Crippen molar-refractivity contribution in [3.8, 4) is 0 Å². The molecule has 0 bridgehead atoms. The maximum absolute atomic E-state index is 12.3. The number of aromatic amines is 1. The van der Waals surface area contributed by atoms with Gasteiger partial charge in [-0.25, -0.2) is 13.1 Å². The molecule has 0 saturated heterocycles. The highest BCUT2D eigenvalue weighted by Crippen LogP contribution is 2.24. The summed E-state index contributed by atoms with van der Waals surface area (Å²) >= 11 is 0. The molecule has 4 N–H and O–H groups in total. The van der Waals surface area contributed by atoms with E-state index in [1.54, 1.807) is 24.3 Å². The van der Waals surface area contributed by atoms with Crippen LogP contribution in [0.2, 0.25) is 0 Å². The van der Waals surface area contributed by atoms with Gasteiger partial charge < -0.3 is 15.2 Å². The van der Waals surface area contributed by atoms with E-state index in [4.69, 9.17) is 10.3 Å². The number of hydrogen-bond donors (Lipinski definition) is 3. The molecule has 0 aliphatic rings. The van der Waals surface area contributed by atoms with Crippen LogP contribution in [0.15, 0.2) is 46.1 Å². The molecule has 0 atom stereocenters. The van der Waals surface area contributed by atoms with E-state index in [9.17, 15) is 8.42 Å². The van der Waals surface area contributed by atoms with Crippen LogP contribution in [0.4, 0.5) is 5.69 Å². The Morgan fingerprint density at radius 3 is 2.95 bits per heavy atom. The Morgan fingerprint density at radius 1 is 1.35 bits per heavy atom. The second kappa shape index (κ2) is 4.66. The summed E-state index contributed by atoms with van der Waals surface area (Å²) in [5, 5.41) is 4.10. The Bertz CT molecular complexity index is 837. The van der Waals surface area contributed by atoms with Crippen LogP contribution in [0.1, 0.15) is 5.76 Å². The largest absolute Gasteiger partial charge is 0.399 e. The number of aromatic nitrogens is 2. The van der Waals surface area contributed by atoms with Gasteiger partial charge in [-0.1, -0.05) is 5.16 Å². The average Bonchev–Trinajstić information content (AvgIpc) is 3.05. The Kier molecular flexibility index (Phi) is 2.96. The van der Waals surface area contributed by atoms with Crippen LogP contribution in [0, 0.1) is 0 Å². The third-order valence-corrected chi connectivity index (χ3v) is 4.33. The third kappa shape index (κ3) is 2.26. The Morgan fingerprint density at radius 2 is 2.20 bits per heavy atom. The lowest BCUT2D eigenvalue weighted by atomic mass is 10.2. The van der Waals surface area contributed by atoms with Gasteiger partial charge in [0.25, 0.3) is 0 Å². The van der Waals surface area contributed by atoms with Crippen LogP contribution in [0.3, 0.4) is 0 Å². The molecule has 3 aromatic rings. The summed E-state index contributed by atoms with van der Waals surface area (Å²) in [6, 6.07) is 6.61. The molecule has 2 heterocycles. The van der Waals surface area contributed by atoms with Gasteiger partial charge in [-0.3, -0.25) is 0 Å². The van der Waals surface area contributed by atoms with E-state index < -0.39 is 10.0 Å². The SMILES string of the molecule is Nc1ccc2c(S(=O)(=O)NCc3ccno3)c[nH]c2c1. The molecular weight excluding hydrogens is 280 g/mol. The second-order valence-corrected chi connectivity index (χ2v) is 6.00. The van der Waals surface area contributed by atoms with Gasteiger partial charge in [0, 0.05) is 28.9 Å². The van der Waals surface area contributed by atoms with Crippen LogP contribution >= 0.6 is 0 Å². The Balaban J connectivity index is 1.93. The van der Waals surface area contributed by atoms with Gasteiger partial charge in [0.1, 0.15) is 4.90 Å². The number of nitrogens with one attached hydrogen (secondary N) is 2. The molecule has 0 aliphatic carbocycles. The normalized spacial score (nSPS) is 12.0. The molecule has 3 rings (SSSR count). The highest BCUT2D eigenvalue weighted by Gasteiger charge is 2.19. The number of H-pyrrole nitrogens is 1. The molecule has 8 heteroatoms. The molecule has 104 valence electrons. The monoisotopic (exact) mass is 292 g/mol. The first-order valence-electron chi connectivity index (χ1n) is 5.82. The summed E-state index contributed by atoms with van der Waals surface area (Å²) in [6.45, 7) is 0.0456. The average molecular weight is 292 g/mol. The molecule has 2 aromatic heterocycles. The van der Waals surface area contributed by atoms with Gasteiger partial charge in [-0.05, 0) is 18.2 Å². The molecule has 1 aromatic carbocycles. The van der Waals surface area contributed by atoms with Gasteiger partial charge in [0.2, 0.25) is 10.0 Å². The maximum Gasteiger partial charge on any atom is 0.243 e. The lowest BCUT2D eigenvalue weighted by Crippen LogP contribution is -2.22. The standard InChI is InChI=1S/C12H12N4O3S/c13-8-1-2-10-11(5-8)14-7-12(10)20(17,18)16-6-9-3-4-15-19-9/h1-5,7,14,16H,6,13H2. The number of anilines is 1. The molecule has 0 aliphatic heterocycles. The van der Waals surface area contributed by atoms with Crippen LogP contribution < -0.4 is 10.5 Å². The quantitative estimate of drug-likeness (QED) is 0.625. The molecular formula is C12H12N4O3S. The fraction of sp³-hybridized carbons (Fsp3) is 0.0833. The third-order valence-electron chi connectivity index (χ3n) is 2.89.